The Bertz CT molecular complexity index is 1280. The SMILES string of the molecule is CN(c1cnc(-c2ccc(-c3cnc4c(n3)OCCO4)cc2O)nn1)[C@@H]1C[C@@H]2CCC[C@](C)(N2)[C@@H]1F. The summed E-state index contributed by atoms with van der Waals surface area (Å²) in [4.78, 5) is 14.9. The predicted molar refractivity (Wildman–Crippen MR) is 130 cm³/mol. The van der Waals surface area contributed by atoms with E-state index in [1.807, 2.05) is 18.9 Å². The van der Waals surface area contributed by atoms with Crippen LogP contribution in [0.4, 0.5) is 10.2 Å². The molecule has 36 heavy (non-hydrogen) atoms. The number of nitrogens with one attached hydrogen (secondary N) is 1. The van der Waals surface area contributed by atoms with Crippen LogP contribution in [0.5, 0.6) is 17.5 Å². The number of aromatic hydroxyl groups is 1. The molecule has 2 bridgehead atoms. The van der Waals surface area contributed by atoms with E-state index < -0.39 is 11.7 Å². The maximum Gasteiger partial charge on any atom is 0.278 e. The average Bonchev–Trinajstić information content (AvgIpc) is 2.90. The van der Waals surface area contributed by atoms with Crippen molar-refractivity contribution in [2.24, 2.45) is 0 Å². The highest BCUT2D eigenvalue weighted by Crippen LogP contribution is 2.39. The Morgan fingerprint density at radius 3 is 2.75 bits per heavy atom. The molecule has 0 saturated carbocycles. The molecule has 0 aliphatic carbocycles. The second kappa shape index (κ2) is 8.81. The van der Waals surface area contributed by atoms with E-state index in [9.17, 15) is 5.11 Å². The fourth-order valence-electron chi connectivity index (χ4n) is 5.48. The van der Waals surface area contributed by atoms with Crippen molar-refractivity contribution < 1.29 is 19.0 Å². The molecule has 0 unspecified atom stereocenters. The van der Waals surface area contributed by atoms with Crippen LogP contribution in [0.15, 0.2) is 30.6 Å². The Morgan fingerprint density at radius 2 is 1.97 bits per heavy atom. The van der Waals surface area contributed by atoms with Crippen LogP contribution in [0.1, 0.15) is 32.6 Å². The lowest BCUT2D eigenvalue weighted by Crippen LogP contribution is -2.68. The summed E-state index contributed by atoms with van der Waals surface area (Å²) in [7, 11) is 1.84. The van der Waals surface area contributed by atoms with Gasteiger partial charge in [-0.15, -0.1) is 10.2 Å². The Kier molecular flexibility index (Phi) is 5.59. The molecule has 2 fully saturated rings. The van der Waals surface area contributed by atoms with E-state index >= 15 is 4.39 Å². The van der Waals surface area contributed by atoms with Crippen molar-refractivity contribution >= 4 is 5.82 Å². The van der Waals surface area contributed by atoms with Crippen LogP contribution in [0, 0.1) is 0 Å². The number of rotatable bonds is 4. The van der Waals surface area contributed by atoms with Gasteiger partial charge in [0.25, 0.3) is 11.8 Å². The molecule has 0 radical (unpaired) electrons. The summed E-state index contributed by atoms with van der Waals surface area (Å²) in [5, 5.41) is 22.7. The highest BCUT2D eigenvalue weighted by atomic mass is 19.1. The fraction of sp³-hybridized carbons (Fsp3) is 0.480. The summed E-state index contributed by atoms with van der Waals surface area (Å²) in [5.41, 5.74) is 1.11. The molecule has 3 aliphatic heterocycles. The summed E-state index contributed by atoms with van der Waals surface area (Å²) >= 11 is 0. The quantitative estimate of drug-likeness (QED) is 0.562. The monoisotopic (exact) mass is 493 g/mol. The third-order valence-corrected chi connectivity index (χ3v) is 7.47. The highest BCUT2D eigenvalue weighted by molar-refractivity contribution is 5.71. The summed E-state index contributed by atoms with van der Waals surface area (Å²) in [6.07, 6.45) is 5.76. The van der Waals surface area contributed by atoms with Gasteiger partial charge in [0, 0.05) is 24.2 Å². The molecular weight excluding hydrogens is 465 g/mol. The van der Waals surface area contributed by atoms with Gasteiger partial charge >= 0.3 is 0 Å². The molecule has 11 heteroatoms. The van der Waals surface area contributed by atoms with Gasteiger partial charge in [0.05, 0.1) is 29.7 Å². The van der Waals surface area contributed by atoms with Gasteiger partial charge in [-0.3, -0.25) is 0 Å². The van der Waals surface area contributed by atoms with Crippen LogP contribution in [-0.2, 0) is 0 Å². The number of halogens is 1. The number of alkyl halides is 1. The van der Waals surface area contributed by atoms with E-state index in [4.69, 9.17) is 9.47 Å². The van der Waals surface area contributed by atoms with Crippen LogP contribution in [0.3, 0.4) is 0 Å². The standard InChI is InChI=1S/C25H28FN7O3/c1-25-7-3-4-15(30-25)11-18(21(25)26)33(2)20-13-27-22(32-31-20)16-6-5-14(10-19(16)34)17-12-28-23-24(29-17)36-9-8-35-23/h5-6,10,12-13,15,18,21,30,34H,3-4,7-9,11H2,1-2H3/t15-,18+,21+,25-/m0/s1. The number of benzene rings is 1. The van der Waals surface area contributed by atoms with Gasteiger partial charge < -0.3 is 24.8 Å². The van der Waals surface area contributed by atoms with Crippen molar-refractivity contribution in [1.82, 2.24) is 30.5 Å². The lowest BCUT2D eigenvalue weighted by atomic mass is 9.73. The zero-order chi connectivity index (χ0) is 24.9. The van der Waals surface area contributed by atoms with Gasteiger partial charge in [-0.2, -0.15) is 0 Å². The van der Waals surface area contributed by atoms with Gasteiger partial charge in [-0.1, -0.05) is 6.07 Å². The zero-order valence-corrected chi connectivity index (χ0v) is 20.2. The van der Waals surface area contributed by atoms with Crippen LogP contribution < -0.4 is 19.7 Å². The molecule has 2 saturated heterocycles. The first-order valence-corrected chi connectivity index (χ1v) is 12.2. The number of phenolic OH excluding ortho intramolecular Hbond substituents is 1. The minimum absolute atomic E-state index is 0.0185. The molecular formula is C25H28FN7O3. The van der Waals surface area contributed by atoms with Gasteiger partial charge in [0.15, 0.2) is 11.6 Å². The zero-order valence-electron chi connectivity index (χ0n) is 20.2. The third kappa shape index (κ3) is 3.97. The number of ether oxygens (including phenoxy) is 2. The van der Waals surface area contributed by atoms with E-state index in [1.54, 1.807) is 30.6 Å². The molecule has 1 aromatic carbocycles. The van der Waals surface area contributed by atoms with Crippen molar-refractivity contribution in [1.29, 1.82) is 0 Å². The number of nitrogens with zero attached hydrogens (tertiary/aromatic N) is 6. The minimum atomic E-state index is -1.03. The van der Waals surface area contributed by atoms with Crippen LogP contribution >= 0.6 is 0 Å². The Morgan fingerprint density at radius 1 is 1.14 bits per heavy atom. The maximum atomic E-state index is 15.5. The molecule has 0 spiro atoms. The van der Waals surface area contributed by atoms with Crippen LogP contribution in [-0.4, -0.2) is 74.3 Å². The molecule has 3 aliphatic rings. The summed E-state index contributed by atoms with van der Waals surface area (Å²) in [6.45, 7) is 2.82. The predicted octanol–water partition coefficient (Wildman–Crippen LogP) is 2.92. The second-order valence-electron chi connectivity index (χ2n) is 9.90. The van der Waals surface area contributed by atoms with Gasteiger partial charge in [-0.05, 0) is 44.7 Å². The van der Waals surface area contributed by atoms with Gasteiger partial charge in [0.2, 0.25) is 0 Å². The number of phenols is 1. The smallest absolute Gasteiger partial charge is 0.278 e. The summed E-state index contributed by atoms with van der Waals surface area (Å²) < 4.78 is 26.4. The molecule has 2 N–H and O–H groups in total. The lowest BCUT2D eigenvalue weighted by Gasteiger charge is -2.52. The number of piperidine rings is 2. The minimum Gasteiger partial charge on any atom is -0.507 e. The van der Waals surface area contributed by atoms with Crippen molar-refractivity contribution in [3.63, 3.8) is 0 Å². The Labute approximate surface area is 207 Å². The molecule has 0 amide bonds. The molecule has 2 aromatic heterocycles. The molecule has 10 nitrogen and oxygen atoms in total. The van der Waals surface area contributed by atoms with E-state index in [0.717, 1.165) is 19.3 Å². The first-order chi connectivity index (χ1) is 17.4. The number of fused-ring (bicyclic) bond motifs is 3. The molecule has 5 heterocycles. The largest absolute Gasteiger partial charge is 0.507 e. The van der Waals surface area contributed by atoms with Gasteiger partial charge in [-0.25, -0.2) is 19.3 Å². The van der Waals surface area contributed by atoms with Crippen molar-refractivity contribution in [2.75, 3.05) is 25.2 Å². The van der Waals surface area contributed by atoms with Crippen molar-refractivity contribution in [3.8, 4) is 40.2 Å². The normalized spacial score (nSPS) is 26.9. The van der Waals surface area contributed by atoms with E-state index in [1.165, 1.54) is 0 Å². The third-order valence-electron chi connectivity index (χ3n) is 7.47. The van der Waals surface area contributed by atoms with E-state index in [2.05, 4.69) is 30.5 Å². The summed E-state index contributed by atoms with van der Waals surface area (Å²) in [6, 6.07) is 5.07. The first-order valence-electron chi connectivity index (χ1n) is 12.2. The summed E-state index contributed by atoms with van der Waals surface area (Å²) in [5.74, 6) is 1.44. The molecule has 4 atom stereocenters. The van der Waals surface area contributed by atoms with Crippen LogP contribution in [0.25, 0.3) is 22.6 Å². The van der Waals surface area contributed by atoms with Gasteiger partial charge in [0.1, 0.15) is 25.1 Å². The Balaban J connectivity index is 1.21. The number of hydrogen-bond donors (Lipinski definition) is 2. The molecule has 3 aromatic rings. The van der Waals surface area contributed by atoms with Crippen molar-refractivity contribution in [2.45, 2.75) is 56.4 Å². The van der Waals surface area contributed by atoms with Crippen molar-refractivity contribution in [3.05, 3.63) is 30.6 Å². The fourth-order valence-corrected chi connectivity index (χ4v) is 5.48. The van der Waals surface area contributed by atoms with E-state index in [0.29, 0.717) is 60.1 Å². The number of anilines is 1. The topological polar surface area (TPSA) is 118 Å². The average molecular weight is 494 g/mol. The molecule has 6 rings (SSSR count). The van der Waals surface area contributed by atoms with E-state index in [-0.39, 0.29) is 17.6 Å². The first kappa shape index (κ1) is 22.8. The Hall–Kier alpha value is -3.60. The van der Waals surface area contributed by atoms with Crippen LogP contribution in [0.2, 0.25) is 0 Å². The molecule has 188 valence electrons. The lowest BCUT2D eigenvalue weighted by molar-refractivity contribution is 0.0405. The number of hydrogen-bond acceptors (Lipinski definition) is 10. The highest BCUT2D eigenvalue weighted by Gasteiger charge is 2.49. The maximum absolute atomic E-state index is 15.5. The second-order valence-corrected chi connectivity index (χ2v) is 9.90. The number of aromatic nitrogens is 5.